The highest BCUT2D eigenvalue weighted by Crippen LogP contribution is 2.28. The van der Waals surface area contributed by atoms with E-state index in [1.807, 2.05) is 0 Å². The fourth-order valence-electron chi connectivity index (χ4n) is 2.97. The molecule has 1 aliphatic rings. The first kappa shape index (κ1) is 16.0. The summed E-state index contributed by atoms with van der Waals surface area (Å²) in [5.74, 6) is 0.0548. The second kappa shape index (κ2) is 7.08. The summed E-state index contributed by atoms with van der Waals surface area (Å²) >= 11 is 0. The molecule has 0 spiro atoms. The first-order chi connectivity index (χ1) is 9.98. The summed E-state index contributed by atoms with van der Waals surface area (Å²) in [4.78, 5) is 11.8. The Morgan fingerprint density at radius 2 is 1.95 bits per heavy atom. The van der Waals surface area contributed by atoms with Crippen molar-refractivity contribution in [2.75, 3.05) is 6.54 Å². The average molecular weight is 289 g/mol. The monoisotopic (exact) mass is 289 g/mol. The third-order valence-electron chi connectivity index (χ3n) is 4.59. The molecule has 2 N–H and O–H groups in total. The van der Waals surface area contributed by atoms with Gasteiger partial charge >= 0.3 is 0 Å². The molecular weight excluding hydrogens is 262 g/mol. The number of rotatable bonds is 6. The SMILES string of the molecule is Cc1ccc(CCCC(=O)NCC2(O)CCCC2)cc1C. The minimum atomic E-state index is -0.649. The normalized spacial score (nSPS) is 16.9. The van der Waals surface area contributed by atoms with E-state index in [-0.39, 0.29) is 5.91 Å². The minimum absolute atomic E-state index is 0.0548. The zero-order valence-corrected chi connectivity index (χ0v) is 13.2. The summed E-state index contributed by atoms with van der Waals surface area (Å²) in [5, 5.41) is 13.1. The Morgan fingerprint density at radius 3 is 2.62 bits per heavy atom. The zero-order valence-electron chi connectivity index (χ0n) is 13.2. The van der Waals surface area contributed by atoms with Crippen LogP contribution in [-0.4, -0.2) is 23.2 Å². The molecule has 1 fully saturated rings. The lowest BCUT2D eigenvalue weighted by molar-refractivity contribution is -0.122. The van der Waals surface area contributed by atoms with E-state index in [1.165, 1.54) is 16.7 Å². The minimum Gasteiger partial charge on any atom is -0.388 e. The fraction of sp³-hybridized carbons (Fsp3) is 0.611. The van der Waals surface area contributed by atoms with Gasteiger partial charge in [-0.2, -0.15) is 0 Å². The number of aliphatic hydroxyl groups is 1. The van der Waals surface area contributed by atoms with Crippen LogP contribution >= 0.6 is 0 Å². The lowest BCUT2D eigenvalue weighted by Gasteiger charge is -2.22. The summed E-state index contributed by atoms with van der Waals surface area (Å²) in [6, 6.07) is 6.48. The highest BCUT2D eigenvalue weighted by atomic mass is 16.3. The molecule has 1 aromatic rings. The number of benzene rings is 1. The van der Waals surface area contributed by atoms with E-state index in [2.05, 4.69) is 37.4 Å². The van der Waals surface area contributed by atoms with Crippen LogP contribution in [0.5, 0.6) is 0 Å². The summed E-state index contributed by atoms with van der Waals surface area (Å²) in [6.45, 7) is 4.64. The second-order valence-electron chi connectivity index (χ2n) is 6.48. The van der Waals surface area contributed by atoms with Crippen LogP contribution in [0.4, 0.5) is 0 Å². The van der Waals surface area contributed by atoms with Crippen molar-refractivity contribution >= 4 is 5.91 Å². The summed E-state index contributed by atoms with van der Waals surface area (Å²) in [6.07, 6.45) is 6.08. The number of amides is 1. The molecule has 0 aliphatic heterocycles. The molecular formula is C18H27NO2. The molecule has 0 aromatic heterocycles. The van der Waals surface area contributed by atoms with Gasteiger partial charge in [-0.1, -0.05) is 31.0 Å². The lowest BCUT2D eigenvalue weighted by atomic mass is 10.0. The van der Waals surface area contributed by atoms with Crippen molar-refractivity contribution in [3.8, 4) is 0 Å². The second-order valence-corrected chi connectivity index (χ2v) is 6.48. The van der Waals surface area contributed by atoms with Gasteiger partial charge in [-0.15, -0.1) is 0 Å². The Morgan fingerprint density at radius 1 is 1.24 bits per heavy atom. The van der Waals surface area contributed by atoms with Gasteiger partial charge in [0.15, 0.2) is 0 Å². The Balaban J connectivity index is 1.68. The van der Waals surface area contributed by atoms with Gasteiger partial charge in [-0.3, -0.25) is 4.79 Å². The molecule has 0 radical (unpaired) electrons. The number of carbonyl (C=O) groups excluding carboxylic acids is 1. The maximum Gasteiger partial charge on any atom is 0.220 e. The number of nitrogens with one attached hydrogen (secondary N) is 1. The molecule has 0 saturated heterocycles. The van der Waals surface area contributed by atoms with Crippen LogP contribution < -0.4 is 5.32 Å². The molecule has 1 amide bonds. The van der Waals surface area contributed by atoms with Crippen LogP contribution in [0.1, 0.15) is 55.2 Å². The van der Waals surface area contributed by atoms with Crippen molar-refractivity contribution in [2.24, 2.45) is 0 Å². The molecule has 0 heterocycles. The summed E-state index contributed by atoms with van der Waals surface area (Å²) < 4.78 is 0. The van der Waals surface area contributed by atoms with E-state index < -0.39 is 5.60 Å². The van der Waals surface area contributed by atoms with Crippen molar-refractivity contribution in [2.45, 2.75) is 64.4 Å². The van der Waals surface area contributed by atoms with Gasteiger partial charge in [0.25, 0.3) is 0 Å². The highest BCUT2D eigenvalue weighted by Gasteiger charge is 2.31. The van der Waals surface area contributed by atoms with Gasteiger partial charge in [-0.05, 0) is 56.2 Å². The summed E-state index contributed by atoms with van der Waals surface area (Å²) in [7, 11) is 0. The Bertz CT molecular complexity index is 490. The predicted molar refractivity (Wildman–Crippen MR) is 85.3 cm³/mol. The Kier molecular flexibility index (Phi) is 5.40. The Hall–Kier alpha value is -1.35. The number of aryl methyl sites for hydroxylation is 3. The third kappa shape index (κ3) is 4.85. The van der Waals surface area contributed by atoms with Crippen molar-refractivity contribution in [3.63, 3.8) is 0 Å². The zero-order chi connectivity index (χ0) is 15.3. The van der Waals surface area contributed by atoms with E-state index in [0.717, 1.165) is 38.5 Å². The maximum absolute atomic E-state index is 11.8. The molecule has 1 saturated carbocycles. The fourth-order valence-corrected chi connectivity index (χ4v) is 2.97. The number of carbonyl (C=O) groups is 1. The molecule has 3 nitrogen and oxygen atoms in total. The first-order valence-corrected chi connectivity index (χ1v) is 8.04. The Labute approximate surface area is 127 Å². The van der Waals surface area contributed by atoms with Crippen molar-refractivity contribution < 1.29 is 9.90 Å². The molecule has 0 atom stereocenters. The quantitative estimate of drug-likeness (QED) is 0.845. The van der Waals surface area contributed by atoms with Crippen molar-refractivity contribution in [3.05, 3.63) is 34.9 Å². The van der Waals surface area contributed by atoms with Crippen molar-refractivity contribution in [1.29, 1.82) is 0 Å². The van der Waals surface area contributed by atoms with E-state index >= 15 is 0 Å². The third-order valence-corrected chi connectivity index (χ3v) is 4.59. The van der Waals surface area contributed by atoms with Gasteiger partial charge in [0, 0.05) is 13.0 Å². The molecule has 3 heteroatoms. The maximum atomic E-state index is 11.8. The molecule has 0 bridgehead atoms. The number of hydrogen-bond donors (Lipinski definition) is 2. The molecule has 21 heavy (non-hydrogen) atoms. The van der Waals surface area contributed by atoms with Gasteiger partial charge in [-0.25, -0.2) is 0 Å². The molecule has 1 aliphatic carbocycles. The van der Waals surface area contributed by atoms with Crippen LogP contribution in [0.15, 0.2) is 18.2 Å². The largest absolute Gasteiger partial charge is 0.388 e. The van der Waals surface area contributed by atoms with E-state index in [4.69, 9.17) is 0 Å². The predicted octanol–water partition coefficient (Wildman–Crippen LogP) is 3.05. The van der Waals surface area contributed by atoms with Crippen LogP contribution in [0.3, 0.4) is 0 Å². The van der Waals surface area contributed by atoms with Gasteiger partial charge < -0.3 is 10.4 Å². The van der Waals surface area contributed by atoms with E-state index in [0.29, 0.717) is 13.0 Å². The number of hydrogen-bond acceptors (Lipinski definition) is 2. The van der Waals surface area contributed by atoms with Crippen molar-refractivity contribution in [1.82, 2.24) is 5.32 Å². The standard InChI is InChI=1S/C18H27NO2/c1-14-8-9-16(12-15(14)2)6-5-7-17(20)19-13-18(21)10-3-4-11-18/h8-9,12,21H,3-7,10-11,13H2,1-2H3,(H,19,20). The van der Waals surface area contributed by atoms with Crippen LogP contribution in [0.2, 0.25) is 0 Å². The first-order valence-electron chi connectivity index (χ1n) is 8.04. The molecule has 116 valence electrons. The van der Waals surface area contributed by atoms with Crippen LogP contribution in [-0.2, 0) is 11.2 Å². The van der Waals surface area contributed by atoms with Gasteiger partial charge in [0.05, 0.1) is 5.60 Å². The molecule has 0 unspecified atom stereocenters. The van der Waals surface area contributed by atoms with Crippen LogP contribution in [0.25, 0.3) is 0 Å². The van der Waals surface area contributed by atoms with E-state index in [9.17, 15) is 9.90 Å². The molecule has 1 aromatic carbocycles. The van der Waals surface area contributed by atoms with E-state index in [1.54, 1.807) is 0 Å². The van der Waals surface area contributed by atoms with Crippen LogP contribution in [0, 0.1) is 13.8 Å². The summed E-state index contributed by atoms with van der Waals surface area (Å²) in [5.41, 5.74) is 3.26. The van der Waals surface area contributed by atoms with Gasteiger partial charge in [0.2, 0.25) is 5.91 Å². The van der Waals surface area contributed by atoms with Gasteiger partial charge in [0.1, 0.15) is 0 Å². The molecule has 2 rings (SSSR count). The topological polar surface area (TPSA) is 49.3 Å². The smallest absolute Gasteiger partial charge is 0.220 e. The highest BCUT2D eigenvalue weighted by molar-refractivity contribution is 5.75. The lowest BCUT2D eigenvalue weighted by Crippen LogP contribution is -2.40. The average Bonchev–Trinajstić information content (AvgIpc) is 2.88.